The standard InChI is InChI=1S/C11H15N3O4/c1-4-5-15-10-9-8(17-11(2,3)18-9)7(16-10)6-13-14-12/h1,7-10H,5-6H2,2-3H3/t7-,8-,9-,10+/m1/s1. The summed E-state index contributed by atoms with van der Waals surface area (Å²) in [6.07, 6.45) is 3.51. The van der Waals surface area contributed by atoms with Crippen LogP contribution in [0.1, 0.15) is 13.8 Å². The summed E-state index contributed by atoms with van der Waals surface area (Å²) < 4.78 is 22.4. The summed E-state index contributed by atoms with van der Waals surface area (Å²) >= 11 is 0. The highest BCUT2D eigenvalue weighted by Crippen LogP contribution is 2.39. The van der Waals surface area contributed by atoms with Crippen molar-refractivity contribution in [3.8, 4) is 12.3 Å². The summed E-state index contributed by atoms with van der Waals surface area (Å²) in [7, 11) is 0. The van der Waals surface area contributed by atoms with Crippen LogP contribution in [0.4, 0.5) is 0 Å². The summed E-state index contributed by atoms with van der Waals surface area (Å²) in [6, 6.07) is 0. The maximum absolute atomic E-state index is 8.35. The molecule has 2 rings (SSSR count). The van der Waals surface area contributed by atoms with E-state index < -0.39 is 12.1 Å². The van der Waals surface area contributed by atoms with Crippen molar-refractivity contribution in [1.82, 2.24) is 0 Å². The molecule has 2 saturated heterocycles. The Morgan fingerprint density at radius 2 is 2.17 bits per heavy atom. The third-order valence-electron chi connectivity index (χ3n) is 2.76. The lowest BCUT2D eigenvalue weighted by atomic mass is 10.1. The minimum absolute atomic E-state index is 0.131. The SMILES string of the molecule is C#CCO[C@H]1O[C@H](CN=[N+]=[N-])[C@H]2OC(C)(C)O[C@@H]12. The number of terminal acetylenes is 1. The van der Waals surface area contributed by atoms with E-state index in [0.29, 0.717) is 0 Å². The van der Waals surface area contributed by atoms with Crippen LogP contribution in [0.25, 0.3) is 10.4 Å². The Kier molecular flexibility index (Phi) is 3.76. The molecule has 0 radical (unpaired) electrons. The Labute approximate surface area is 105 Å². The van der Waals surface area contributed by atoms with Gasteiger partial charge in [0.05, 0.1) is 12.6 Å². The zero-order valence-electron chi connectivity index (χ0n) is 10.3. The fourth-order valence-electron chi connectivity index (χ4n) is 2.17. The van der Waals surface area contributed by atoms with Crippen LogP contribution < -0.4 is 0 Å². The van der Waals surface area contributed by atoms with Gasteiger partial charge in [0.15, 0.2) is 12.1 Å². The minimum Gasteiger partial charge on any atom is -0.344 e. The number of hydrogen-bond acceptors (Lipinski definition) is 5. The largest absolute Gasteiger partial charge is 0.344 e. The molecule has 2 aliphatic heterocycles. The molecule has 0 unspecified atom stereocenters. The third-order valence-corrected chi connectivity index (χ3v) is 2.76. The molecule has 2 aliphatic rings. The molecule has 0 amide bonds. The zero-order chi connectivity index (χ0) is 13.2. The number of fused-ring (bicyclic) bond motifs is 1. The Bertz CT molecular complexity index is 400. The van der Waals surface area contributed by atoms with Gasteiger partial charge >= 0.3 is 0 Å². The molecule has 0 aromatic carbocycles. The van der Waals surface area contributed by atoms with Crippen LogP contribution in [-0.2, 0) is 18.9 Å². The number of nitrogens with zero attached hydrogens (tertiary/aromatic N) is 3. The van der Waals surface area contributed by atoms with E-state index >= 15 is 0 Å². The van der Waals surface area contributed by atoms with E-state index in [-0.39, 0.29) is 31.5 Å². The van der Waals surface area contributed by atoms with Gasteiger partial charge < -0.3 is 18.9 Å². The summed E-state index contributed by atoms with van der Waals surface area (Å²) in [5.74, 6) is 1.67. The number of rotatable bonds is 4. The third kappa shape index (κ3) is 2.58. The molecule has 0 N–H and O–H groups in total. The predicted molar refractivity (Wildman–Crippen MR) is 61.3 cm³/mol. The number of hydrogen-bond donors (Lipinski definition) is 0. The maximum Gasteiger partial charge on any atom is 0.188 e. The van der Waals surface area contributed by atoms with Gasteiger partial charge in [0.1, 0.15) is 18.8 Å². The van der Waals surface area contributed by atoms with E-state index in [9.17, 15) is 0 Å². The van der Waals surface area contributed by atoms with Gasteiger partial charge in [-0.15, -0.1) is 6.42 Å². The highest BCUT2D eigenvalue weighted by molar-refractivity contribution is 4.96. The van der Waals surface area contributed by atoms with Gasteiger partial charge in [0.2, 0.25) is 0 Å². The normalized spacial score (nSPS) is 36.7. The van der Waals surface area contributed by atoms with Crippen molar-refractivity contribution in [3.63, 3.8) is 0 Å². The molecule has 18 heavy (non-hydrogen) atoms. The van der Waals surface area contributed by atoms with E-state index in [1.54, 1.807) is 0 Å². The van der Waals surface area contributed by atoms with E-state index in [4.69, 9.17) is 30.9 Å². The van der Waals surface area contributed by atoms with Gasteiger partial charge in [-0.2, -0.15) is 0 Å². The van der Waals surface area contributed by atoms with Crippen LogP contribution in [0.3, 0.4) is 0 Å². The highest BCUT2D eigenvalue weighted by Gasteiger charge is 2.55. The molecule has 0 aromatic heterocycles. The molecule has 0 aliphatic carbocycles. The molecule has 0 spiro atoms. The van der Waals surface area contributed by atoms with Crippen molar-refractivity contribution in [2.75, 3.05) is 13.2 Å². The first-order valence-electron chi connectivity index (χ1n) is 5.64. The average molecular weight is 253 g/mol. The monoisotopic (exact) mass is 253 g/mol. The number of ether oxygens (including phenoxy) is 4. The van der Waals surface area contributed by atoms with Crippen LogP contribution in [0.5, 0.6) is 0 Å². The van der Waals surface area contributed by atoms with Gasteiger partial charge in [-0.05, 0) is 19.4 Å². The van der Waals surface area contributed by atoms with Gasteiger partial charge in [-0.1, -0.05) is 11.0 Å². The molecule has 7 nitrogen and oxygen atoms in total. The van der Waals surface area contributed by atoms with Crippen LogP contribution in [0.2, 0.25) is 0 Å². The van der Waals surface area contributed by atoms with Crippen molar-refractivity contribution in [3.05, 3.63) is 10.4 Å². The highest BCUT2D eigenvalue weighted by atomic mass is 16.8. The molecule has 2 heterocycles. The quantitative estimate of drug-likeness (QED) is 0.326. The van der Waals surface area contributed by atoms with Crippen molar-refractivity contribution in [2.24, 2.45) is 5.11 Å². The Hall–Kier alpha value is -1.29. The number of azide groups is 1. The molecule has 2 fully saturated rings. The average Bonchev–Trinajstić information content (AvgIpc) is 2.78. The lowest BCUT2D eigenvalue weighted by Crippen LogP contribution is -2.31. The summed E-state index contributed by atoms with van der Waals surface area (Å²) in [4.78, 5) is 2.71. The second-order valence-corrected chi connectivity index (χ2v) is 4.54. The van der Waals surface area contributed by atoms with Crippen LogP contribution in [0.15, 0.2) is 5.11 Å². The first-order valence-corrected chi connectivity index (χ1v) is 5.64. The Balaban J connectivity index is 2.07. The van der Waals surface area contributed by atoms with E-state index in [1.807, 2.05) is 13.8 Å². The van der Waals surface area contributed by atoms with Crippen LogP contribution in [-0.4, -0.2) is 43.5 Å². The smallest absolute Gasteiger partial charge is 0.188 e. The van der Waals surface area contributed by atoms with Crippen molar-refractivity contribution >= 4 is 0 Å². The van der Waals surface area contributed by atoms with Crippen molar-refractivity contribution < 1.29 is 18.9 Å². The van der Waals surface area contributed by atoms with E-state index in [2.05, 4.69) is 15.9 Å². The van der Waals surface area contributed by atoms with Crippen molar-refractivity contribution in [2.45, 2.75) is 44.2 Å². The fraction of sp³-hybridized carbons (Fsp3) is 0.818. The lowest BCUT2D eigenvalue weighted by Gasteiger charge is -2.23. The summed E-state index contributed by atoms with van der Waals surface area (Å²) in [6.45, 7) is 3.93. The molecule has 0 bridgehead atoms. The Morgan fingerprint density at radius 1 is 1.44 bits per heavy atom. The lowest BCUT2D eigenvalue weighted by molar-refractivity contribution is -0.229. The molecule has 0 aromatic rings. The predicted octanol–water partition coefficient (Wildman–Crippen LogP) is 1.19. The summed E-state index contributed by atoms with van der Waals surface area (Å²) in [5, 5.41) is 3.50. The molecular formula is C11H15N3O4. The second-order valence-electron chi connectivity index (χ2n) is 4.54. The Morgan fingerprint density at radius 3 is 2.83 bits per heavy atom. The minimum atomic E-state index is -0.703. The molecule has 7 heteroatoms. The maximum atomic E-state index is 8.35. The fourth-order valence-corrected chi connectivity index (χ4v) is 2.17. The summed E-state index contributed by atoms with van der Waals surface area (Å²) in [5.41, 5.74) is 8.35. The van der Waals surface area contributed by atoms with Gasteiger partial charge in [0.25, 0.3) is 0 Å². The first kappa shape index (κ1) is 13.1. The van der Waals surface area contributed by atoms with Gasteiger partial charge in [-0.25, -0.2) is 0 Å². The van der Waals surface area contributed by atoms with Crippen LogP contribution >= 0.6 is 0 Å². The van der Waals surface area contributed by atoms with Crippen molar-refractivity contribution in [1.29, 1.82) is 0 Å². The zero-order valence-corrected chi connectivity index (χ0v) is 10.3. The topological polar surface area (TPSA) is 85.7 Å². The molecule has 98 valence electrons. The van der Waals surface area contributed by atoms with Gasteiger partial charge in [-0.3, -0.25) is 0 Å². The van der Waals surface area contributed by atoms with Crippen LogP contribution in [0, 0.1) is 12.3 Å². The first-order chi connectivity index (χ1) is 8.57. The second kappa shape index (κ2) is 5.14. The van der Waals surface area contributed by atoms with E-state index in [1.165, 1.54) is 0 Å². The molecule has 0 saturated carbocycles. The molecular weight excluding hydrogens is 238 g/mol. The molecule has 4 atom stereocenters. The van der Waals surface area contributed by atoms with E-state index in [0.717, 1.165) is 0 Å². The van der Waals surface area contributed by atoms with Gasteiger partial charge in [0, 0.05) is 4.91 Å².